The summed E-state index contributed by atoms with van der Waals surface area (Å²) in [6.45, 7) is 2.15. The summed E-state index contributed by atoms with van der Waals surface area (Å²) >= 11 is 0. The van der Waals surface area contributed by atoms with Crippen molar-refractivity contribution in [2.45, 2.75) is 38.0 Å². The molecule has 1 fully saturated rings. The van der Waals surface area contributed by atoms with E-state index in [0.29, 0.717) is 5.92 Å². The van der Waals surface area contributed by atoms with E-state index in [1.807, 2.05) is 0 Å². The highest BCUT2D eigenvalue weighted by molar-refractivity contribution is 4.88. The summed E-state index contributed by atoms with van der Waals surface area (Å²) in [6, 6.07) is 0.439. The first-order chi connectivity index (χ1) is 5.15. The molecular formula is C8H18N2O. The standard InChI is InChI=1S/C8H18N2O/c1-5-3-7(10)8(11-2)4-6(5)9/h5-8H,3-4,9-10H2,1-2H3. The van der Waals surface area contributed by atoms with Crippen LogP contribution in [0.4, 0.5) is 0 Å². The van der Waals surface area contributed by atoms with Crippen molar-refractivity contribution < 1.29 is 4.74 Å². The summed E-state index contributed by atoms with van der Waals surface area (Å²) in [4.78, 5) is 0. The molecule has 0 aliphatic heterocycles. The number of rotatable bonds is 1. The Bertz CT molecular complexity index is 129. The fraction of sp³-hybridized carbons (Fsp3) is 1.00. The summed E-state index contributed by atoms with van der Waals surface area (Å²) < 4.78 is 5.22. The van der Waals surface area contributed by atoms with Crippen LogP contribution in [0.2, 0.25) is 0 Å². The van der Waals surface area contributed by atoms with Crippen LogP contribution in [-0.4, -0.2) is 25.3 Å². The molecule has 4 atom stereocenters. The molecule has 0 radical (unpaired) electrons. The van der Waals surface area contributed by atoms with Crippen molar-refractivity contribution in [1.29, 1.82) is 0 Å². The minimum Gasteiger partial charge on any atom is -0.380 e. The van der Waals surface area contributed by atoms with E-state index >= 15 is 0 Å². The Hall–Kier alpha value is -0.120. The largest absolute Gasteiger partial charge is 0.380 e. The van der Waals surface area contributed by atoms with Crippen LogP contribution in [0.1, 0.15) is 19.8 Å². The van der Waals surface area contributed by atoms with Gasteiger partial charge in [0.2, 0.25) is 0 Å². The zero-order valence-corrected chi connectivity index (χ0v) is 7.29. The summed E-state index contributed by atoms with van der Waals surface area (Å²) in [5, 5.41) is 0. The Kier molecular flexibility index (Phi) is 2.87. The van der Waals surface area contributed by atoms with Crippen molar-refractivity contribution in [3.63, 3.8) is 0 Å². The smallest absolute Gasteiger partial charge is 0.0737 e. The Morgan fingerprint density at radius 1 is 1.18 bits per heavy atom. The average Bonchev–Trinajstić information content (AvgIpc) is 1.97. The molecular weight excluding hydrogens is 140 g/mol. The van der Waals surface area contributed by atoms with Crippen molar-refractivity contribution in [3.8, 4) is 0 Å². The molecule has 1 saturated carbocycles. The molecule has 1 aliphatic rings. The van der Waals surface area contributed by atoms with Crippen LogP contribution < -0.4 is 11.5 Å². The van der Waals surface area contributed by atoms with Gasteiger partial charge in [-0.3, -0.25) is 0 Å². The van der Waals surface area contributed by atoms with Crippen LogP contribution in [0.5, 0.6) is 0 Å². The van der Waals surface area contributed by atoms with E-state index in [4.69, 9.17) is 16.2 Å². The molecule has 0 aromatic heterocycles. The lowest BCUT2D eigenvalue weighted by Crippen LogP contribution is -2.49. The predicted molar refractivity (Wildman–Crippen MR) is 45.1 cm³/mol. The van der Waals surface area contributed by atoms with E-state index in [2.05, 4.69) is 6.92 Å². The summed E-state index contributed by atoms with van der Waals surface area (Å²) in [6.07, 6.45) is 2.06. The second kappa shape index (κ2) is 3.52. The molecule has 0 aromatic rings. The number of nitrogens with two attached hydrogens (primary N) is 2. The van der Waals surface area contributed by atoms with Gasteiger partial charge in [0.05, 0.1) is 6.10 Å². The Morgan fingerprint density at radius 3 is 2.36 bits per heavy atom. The molecule has 0 aromatic carbocycles. The molecule has 3 nitrogen and oxygen atoms in total. The van der Waals surface area contributed by atoms with Crippen molar-refractivity contribution in [1.82, 2.24) is 0 Å². The van der Waals surface area contributed by atoms with Crippen LogP contribution in [-0.2, 0) is 4.74 Å². The third-order valence-corrected chi connectivity index (χ3v) is 2.66. The van der Waals surface area contributed by atoms with E-state index in [0.717, 1.165) is 12.8 Å². The van der Waals surface area contributed by atoms with Gasteiger partial charge in [0.1, 0.15) is 0 Å². The maximum absolute atomic E-state index is 5.87. The second-order valence-corrected chi connectivity index (χ2v) is 3.55. The zero-order chi connectivity index (χ0) is 8.43. The van der Waals surface area contributed by atoms with Gasteiger partial charge >= 0.3 is 0 Å². The van der Waals surface area contributed by atoms with Gasteiger partial charge in [0.25, 0.3) is 0 Å². The highest BCUT2D eigenvalue weighted by Gasteiger charge is 2.30. The minimum atomic E-state index is 0.168. The highest BCUT2D eigenvalue weighted by atomic mass is 16.5. The summed E-state index contributed by atoms with van der Waals surface area (Å²) in [7, 11) is 1.70. The molecule has 0 amide bonds. The molecule has 0 spiro atoms. The fourth-order valence-corrected chi connectivity index (χ4v) is 1.70. The van der Waals surface area contributed by atoms with Crippen molar-refractivity contribution in [2.75, 3.05) is 7.11 Å². The van der Waals surface area contributed by atoms with Gasteiger partial charge in [-0.15, -0.1) is 0 Å². The Morgan fingerprint density at radius 2 is 1.82 bits per heavy atom. The lowest BCUT2D eigenvalue weighted by molar-refractivity contribution is 0.0340. The fourth-order valence-electron chi connectivity index (χ4n) is 1.70. The van der Waals surface area contributed by atoms with Gasteiger partial charge in [0.15, 0.2) is 0 Å². The van der Waals surface area contributed by atoms with Crippen LogP contribution in [0.3, 0.4) is 0 Å². The topological polar surface area (TPSA) is 61.3 Å². The van der Waals surface area contributed by atoms with Gasteiger partial charge in [-0.2, -0.15) is 0 Å². The predicted octanol–water partition coefficient (Wildman–Crippen LogP) is 0.0859. The average molecular weight is 158 g/mol. The van der Waals surface area contributed by atoms with Gasteiger partial charge < -0.3 is 16.2 Å². The molecule has 4 unspecified atom stereocenters. The number of hydrogen-bond donors (Lipinski definition) is 2. The summed E-state index contributed by atoms with van der Waals surface area (Å²) in [5.74, 6) is 0.538. The Balaban J connectivity index is 2.48. The van der Waals surface area contributed by atoms with Crippen LogP contribution >= 0.6 is 0 Å². The third kappa shape index (κ3) is 1.92. The van der Waals surface area contributed by atoms with E-state index in [9.17, 15) is 0 Å². The lowest BCUT2D eigenvalue weighted by Gasteiger charge is -2.35. The first kappa shape index (κ1) is 8.97. The molecule has 4 N–H and O–H groups in total. The second-order valence-electron chi connectivity index (χ2n) is 3.55. The zero-order valence-electron chi connectivity index (χ0n) is 7.29. The quantitative estimate of drug-likeness (QED) is 0.568. The molecule has 1 rings (SSSR count). The van der Waals surface area contributed by atoms with E-state index in [1.165, 1.54) is 0 Å². The monoisotopic (exact) mass is 158 g/mol. The molecule has 0 bridgehead atoms. The van der Waals surface area contributed by atoms with Crippen LogP contribution in [0.15, 0.2) is 0 Å². The number of methoxy groups -OCH3 is 1. The van der Waals surface area contributed by atoms with Crippen molar-refractivity contribution in [3.05, 3.63) is 0 Å². The van der Waals surface area contributed by atoms with E-state index in [1.54, 1.807) is 7.11 Å². The van der Waals surface area contributed by atoms with Crippen LogP contribution in [0, 0.1) is 5.92 Å². The molecule has 1 aliphatic carbocycles. The third-order valence-electron chi connectivity index (χ3n) is 2.66. The number of ether oxygens (including phenoxy) is 1. The molecule has 0 heterocycles. The number of hydrogen-bond acceptors (Lipinski definition) is 3. The summed E-state index contributed by atoms with van der Waals surface area (Å²) in [5.41, 5.74) is 11.7. The minimum absolute atomic E-state index is 0.168. The molecule has 66 valence electrons. The van der Waals surface area contributed by atoms with Gasteiger partial charge in [-0.25, -0.2) is 0 Å². The van der Waals surface area contributed by atoms with Gasteiger partial charge in [-0.05, 0) is 18.8 Å². The molecule has 11 heavy (non-hydrogen) atoms. The van der Waals surface area contributed by atoms with E-state index < -0.39 is 0 Å². The Labute approximate surface area is 68.1 Å². The lowest BCUT2D eigenvalue weighted by atomic mass is 9.82. The van der Waals surface area contributed by atoms with Crippen molar-refractivity contribution in [2.24, 2.45) is 17.4 Å². The van der Waals surface area contributed by atoms with Crippen molar-refractivity contribution >= 4 is 0 Å². The molecule has 3 heteroatoms. The van der Waals surface area contributed by atoms with Crippen LogP contribution in [0.25, 0.3) is 0 Å². The van der Waals surface area contributed by atoms with E-state index in [-0.39, 0.29) is 18.2 Å². The normalized spacial score (nSPS) is 45.8. The van der Waals surface area contributed by atoms with Gasteiger partial charge in [-0.1, -0.05) is 6.92 Å². The maximum atomic E-state index is 5.87. The molecule has 0 saturated heterocycles. The SMILES string of the molecule is COC1CC(N)C(C)CC1N. The first-order valence-corrected chi connectivity index (χ1v) is 4.19. The highest BCUT2D eigenvalue weighted by Crippen LogP contribution is 2.23. The van der Waals surface area contributed by atoms with Gasteiger partial charge in [0, 0.05) is 19.2 Å². The first-order valence-electron chi connectivity index (χ1n) is 4.19. The maximum Gasteiger partial charge on any atom is 0.0737 e.